The van der Waals surface area contributed by atoms with Crippen molar-refractivity contribution in [1.82, 2.24) is 15.2 Å². The van der Waals surface area contributed by atoms with E-state index < -0.39 is 5.82 Å². The van der Waals surface area contributed by atoms with Crippen LogP contribution in [0.3, 0.4) is 0 Å². The number of nitrogens with zero attached hydrogens (tertiary/aromatic N) is 3. The van der Waals surface area contributed by atoms with Crippen LogP contribution in [0.1, 0.15) is 35.1 Å². The number of aromatic amines is 1. The molecule has 0 fully saturated rings. The van der Waals surface area contributed by atoms with E-state index in [2.05, 4.69) is 15.2 Å². The van der Waals surface area contributed by atoms with E-state index in [1.165, 1.54) is 6.07 Å². The van der Waals surface area contributed by atoms with Crippen molar-refractivity contribution >= 4 is 10.9 Å². The summed E-state index contributed by atoms with van der Waals surface area (Å²) in [5, 5.41) is 17.2. The number of H-pyrrole nitrogens is 1. The third-order valence-electron chi connectivity index (χ3n) is 5.04. The molecule has 5 rings (SSSR count). The highest BCUT2D eigenvalue weighted by Gasteiger charge is 2.26. The Morgan fingerprint density at radius 2 is 2.21 bits per heavy atom. The van der Waals surface area contributed by atoms with Crippen LogP contribution in [0.5, 0.6) is 5.75 Å². The van der Waals surface area contributed by atoms with Crippen molar-refractivity contribution in [1.29, 1.82) is 5.26 Å². The summed E-state index contributed by atoms with van der Waals surface area (Å²) in [5.74, 6) is 1.30. The van der Waals surface area contributed by atoms with Crippen LogP contribution < -0.4 is 4.74 Å². The number of hydrogen-bond acceptors (Lipinski definition) is 5. The summed E-state index contributed by atoms with van der Waals surface area (Å²) in [7, 11) is 0. The van der Waals surface area contributed by atoms with Gasteiger partial charge in [0.25, 0.3) is 0 Å². The third-order valence-corrected chi connectivity index (χ3v) is 5.04. The van der Waals surface area contributed by atoms with Gasteiger partial charge in [0.05, 0.1) is 17.3 Å². The van der Waals surface area contributed by atoms with Gasteiger partial charge in [-0.15, -0.1) is 0 Å². The standard InChI is InChI=1S/C21H15FN4O2/c1-11-24-10-20(27-11)21-16-7-14(3-4-18(16)25-26-21)28-19-5-2-12-6-13(9-23)17(22)8-15(12)19/h3-4,6-8,10,19H,2,5H2,1H3,(H,25,26)/t19-/m0/s1. The zero-order valence-electron chi connectivity index (χ0n) is 15.0. The number of aromatic nitrogens is 3. The van der Waals surface area contributed by atoms with E-state index in [-0.39, 0.29) is 11.7 Å². The molecule has 2 heterocycles. The Labute approximate surface area is 159 Å². The number of rotatable bonds is 3. The van der Waals surface area contributed by atoms with Crippen molar-refractivity contribution in [2.45, 2.75) is 25.9 Å². The highest BCUT2D eigenvalue weighted by Crippen LogP contribution is 2.37. The van der Waals surface area contributed by atoms with Crippen molar-refractivity contribution in [3.05, 3.63) is 64.9 Å². The molecule has 1 atom stereocenters. The minimum Gasteiger partial charge on any atom is -0.486 e. The monoisotopic (exact) mass is 374 g/mol. The first-order chi connectivity index (χ1) is 13.6. The molecule has 2 aromatic carbocycles. The fourth-order valence-corrected chi connectivity index (χ4v) is 3.69. The number of halogens is 1. The smallest absolute Gasteiger partial charge is 0.191 e. The molecule has 0 amide bonds. The zero-order chi connectivity index (χ0) is 19.3. The van der Waals surface area contributed by atoms with Gasteiger partial charge in [0, 0.05) is 12.3 Å². The number of nitriles is 1. The van der Waals surface area contributed by atoms with Crippen LogP contribution in [0.25, 0.3) is 22.4 Å². The molecule has 28 heavy (non-hydrogen) atoms. The fourth-order valence-electron chi connectivity index (χ4n) is 3.69. The normalized spacial score (nSPS) is 15.5. The van der Waals surface area contributed by atoms with Crippen molar-refractivity contribution in [3.8, 4) is 23.3 Å². The zero-order valence-corrected chi connectivity index (χ0v) is 15.0. The molecule has 0 spiro atoms. The molecule has 138 valence electrons. The molecular weight excluding hydrogens is 359 g/mol. The maximum absolute atomic E-state index is 14.1. The lowest BCUT2D eigenvalue weighted by Gasteiger charge is -2.15. The number of aryl methyl sites for hydroxylation is 2. The van der Waals surface area contributed by atoms with Crippen LogP contribution in [0.4, 0.5) is 4.39 Å². The first-order valence-corrected chi connectivity index (χ1v) is 8.92. The summed E-state index contributed by atoms with van der Waals surface area (Å²) in [6.07, 6.45) is 2.88. The predicted molar refractivity (Wildman–Crippen MR) is 99.1 cm³/mol. The van der Waals surface area contributed by atoms with Gasteiger partial charge in [-0.2, -0.15) is 10.4 Å². The molecule has 0 unspecified atom stereocenters. The summed E-state index contributed by atoms with van der Waals surface area (Å²) in [6, 6.07) is 10.6. The molecule has 0 saturated carbocycles. The van der Waals surface area contributed by atoms with E-state index in [1.807, 2.05) is 24.3 Å². The molecule has 0 radical (unpaired) electrons. The maximum atomic E-state index is 14.1. The molecule has 7 heteroatoms. The van der Waals surface area contributed by atoms with Gasteiger partial charge in [-0.1, -0.05) is 0 Å². The SMILES string of the molecule is Cc1ncc(-c2n[nH]c3ccc(O[C@H]4CCc5cc(C#N)c(F)cc54)cc23)o1. The Kier molecular flexibility index (Phi) is 3.66. The summed E-state index contributed by atoms with van der Waals surface area (Å²) in [6.45, 7) is 1.78. The molecule has 0 saturated heterocycles. The van der Waals surface area contributed by atoms with Gasteiger partial charge in [0.2, 0.25) is 0 Å². The third kappa shape index (κ3) is 2.62. The van der Waals surface area contributed by atoms with Crippen LogP contribution in [0, 0.1) is 24.1 Å². The van der Waals surface area contributed by atoms with Gasteiger partial charge >= 0.3 is 0 Å². The molecule has 0 bridgehead atoms. The van der Waals surface area contributed by atoms with Crippen molar-refractivity contribution in [2.75, 3.05) is 0 Å². The molecular formula is C21H15FN4O2. The molecule has 2 aromatic heterocycles. The first kappa shape index (κ1) is 16.5. The lowest BCUT2D eigenvalue weighted by Crippen LogP contribution is -2.04. The predicted octanol–water partition coefficient (Wildman–Crippen LogP) is 4.60. The Morgan fingerprint density at radius 1 is 1.32 bits per heavy atom. The number of ether oxygens (including phenoxy) is 1. The summed E-state index contributed by atoms with van der Waals surface area (Å²) in [4.78, 5) is 4.12. The Balaban J connectivity index is 1.49. The number of benzene rings is 2. The van der Waals surface area contributed by atoms with Gasteiger partial charge in [-0.05, 0) is 54.3 Å². The topological polar surface area (TPSA) is 87.7 Å². The highest BCUT2D eigenvalue weighted by molar-refractivity contribution is 5.92. The average Bonchev–Trinajstić information content (AvgIpc) is 3.40. The van der Waals surface area contributed by atoms with Gasteiger partial charge in [-0.3, -0.25) is 5.10 Å². The van der Waals surface area contributed by atoms with Gasteiger partial charge < -0.3 is 9.15 Å². The van der Waals surface area contributed by atoms with Crippen molar-refractivity contribution < 1.29 is 13.5 Å². The molecule has 4 aromatic rings. The summed E-state index contributed by atoms with van der Waals surface area (Å²) >= 11 is 0. The number of nitrogens with one attached hydrogen (secondary N) is 1. The van der Waals surface area contributed by atoms with Crippen LogP contribution in [-0.2, 0) is 6.42 Å². The highest BCUT2D eigenvalue weighted by atomic mass is 19.1. The van der Waals surface area contributed by atoms with Gasteiger partial charge in [0.15, 0.2) is 11.7 Å². The Hall–Kier alpha value is -3.66. The molecule has 0 aliphatic heterocycles. The van der Waals surface area contributed by atoms with Crippen LogP contribution >= 0.6 is 0 Å². The minimum atomic E-state index is -0.509. The quantitative estimate of drug-likeness (QED) is 0.566. The number of hydrogen-bond donors (Lipinski definition) is 1. The Morgan fingerprint density at radius 3 is 3.00 bits per heavy atom. The Bertz CT molecular complexity index is 1250. The van der Waals surface area contributed by atoms with Crippen LogP contribution in [0.15, 0.2) is 40.9 Å². The minimum absolute atomic E-state index is 0.0752. The molecule has 1 N–H and O–H groups in total. The van der Waals surface area contributed by atoms with E-state index in [4.69, 9.17) is 14.4 Å². The largest absolute Gasteiger partial charge is 0.486 e. The van der Waals surface area contributed by atoms with Crippen LogP contribution in [-0.4, -0.2) is 15.2 Å². The second-order valence-electron chi connectivity index (χ2n) is 6.81. The van der Waals surface area contributed by atoms with Crippen molar-refractivity contribution in [2.24, 2.45) is 0 Å². The van der Waals surface area contributed by atoms with E-state index in [0.717, 1.165) is 34.9 Å². The lowest BCUT2D eigenvalue weighted by atomic mass is 10.1. The maximum Gasteiger partial charge on any atom is 0.191 e. The summed E-state index contributed by atoms with van der Waals surface area (Å²) < 4.78 is 25.8. The van der Waals surface area contributed by atoms with E-state index in [0.29, 0.717) is 23.1 Å². The van der Waals surface area contributed by atoms with Crippen molar-refractivity contribution in [3.63, 3.8) is 0 Å². The van der Waals surface area contributed by atoms with Gasteiger partial charge in [0.1, 0.15) is 29.4 Å². The average molecular weight is 374 g/mol. The van der Waals surface area contributed by atoms with E-state index >= 15 is 0 Å². The fraction of sp³-hybridized carbons (Fsp3) is 0.190. The molecule has 1 aliphatic carbocycles. The van der Waals surface area contributed by atoms with Gasteiger partial charge in [-0.25, -0.2) is 9.37 Å². The molecule has 1 aliphatic rings. The van der Waals surface area contributed by atoms with E-state index in [9.17, 15) is 4.39 Å². The summed E-state index contributed by atoms with van der Waals surface area (Å²) in [5.41, 5.74) is 3.36. The number of oxazole rings is 1. The second-order valence-corrected chi connectivity index (χ2v) is 6.81. The second kappa shape index (κ2) is 6.20. The van der Waals surface area contributed by atoms with E-state index in [1.54, 1.807) is 19.2 Å². The molecule has 6 nitrogen and oxygen atoms in total. The first-order valence-electron chi connectivity index (χ1n) is 8.92. The lowest BCUT2D eigenvalue weighted by molar-refractivity contribution is 0.207. The van der Waals surface area contributed by atoms with Crippen LogP contribution in [0.2, 0.25) is 0 Å². The number of fused-ring (bicyclic) bond motifs is 2.